The molecular weight excluding hydrogens is 178 g/mol. The van der Waals surface area contributed by atoms with Crippen LogP contribution in [0.25, 0.3) is 0 Å². The number of urea groups is 1. The Morgan fingerprint density at radius 3 is 2.79 bits per heavy atom. The van der Waals surface area contributed by atoms with Gasteiger partial charge in [-0.3, -0.25) is 0 Å². The molecule has 82 valence electrons. The number of rotatable bonds is 3. The molecule has 1 heterocycles. The summed E-state index contributed by atoms with van der Waals surface area (Å²) in [7, 11) is 2.11. The quantitative estimate of drug-likeness (QED) is 0.706. The zero-order valence-corrected chi connectivity index (χ0v) is 9.34. The van der Waals surface area contributed by atoms with Gasteiger partial charge in [0.1, 0.15) is 0 Å². The van der Waals surface area contributed by atoms with Gasteiger partial charge in [0.25, 0.3) is 0 Å². The van der Waals surface area contributed by atoms with E-state index in [1.165, 1.54) is 12.8 Å². The molecule has 1 atom stereocenters. The molecule has 2 N–H and O–H groups in total. The van der Waals surface area contributed by atoms with Gasteiger partial charge in [-0.15, -0.1) is 0 Å². The number of likely N-dealkylation sites (tertiary alicyclic amines) is 1. The number of carbonyl (C=O) groups excluding carboxylic acids is 1. The lowest BCUT2D eigenvalue weighted by molar-refractivity contribution is 0.232. The minimum atomic E-state index is -0.0553. The minimum absolute atomic E-state index is 0.0553. The summed E-state index contributed by atoms with van der Waals surface area (Å²) < 4.78 is 0. The lowest BCUT2D eigenvalue weighted by Gasteiger charge is -2.20. The summed E-state index contributed by atoms with van der Waals surface area (Å²) in [5.41, 5.74) is 0. The topological polar surface area (TPSA) is 44.4 Å². The lowest BCUT2D eigenvalue weighted by Crippen LogP contribution is -2.44. The third-order valence-corrected chi connectivity index (χ3v) is 2.59. The molecule has 0 aromatic heterocycles. The number of hydrogen-bond acceptors (Lipinski definition) is 2. The zero-order chi connectivity index (χ0) is 10.6. The summed E-state index contributed by atoms with van der Waals surface area (Å²) in [5, 5.41) is 5.71. The number of nitrogens with zero attached hydrogens (tertiary/aromatic N) is 1. The molecule has 1 aliphatic rings. The summed E-state index contributed by atoms with van der Waals surface area (Å²) in [4.78, 5) is 13.6. The molecule has 0 aromatic carbocycles. The van der Waals surface area contributed by atoms with Crippen LogP contribution in [0.5, 0.6) is 0 Å². The molecule has 1 saturated heterocycles. The monoisotopic (exact) mass is 199 g/mol. The molecule has 1 unspecified atom stereocenters. The Morgan fingerprint density at radius 2 is 2.29 bits per heavy atom. The first-order chi connectivity index (χ1) is 6.59. The molecule has 2 amide bonds. The van der Waals surface area contributed by atoms with Gasteiger partial charge in [0, 0.05) is 18.6 Å². The van der Waals surface area contributed by atoms with Crippen molar-refractivity contribution in [3.05, 3.63) is 0 Å². The van der Waals surface area contributed by atoms with E-state index >= 15 is 0 Å². The van der Waals surface area contributed by atoms with Crippen LogP contribution in [0.15, 0.2) is 0 Å². The number of amides is 2. The molecule has 0 spiro atoms. The van der Waals surface area contributed by atoms with E-state index in [0.29, 0.717) is 6.04 Å². The Balaban J connectivity index is 2.16. The molecule has 1 rings (SSSR count). The fourth-order valence-electron chi connectivity index (χ4n) is 1.76. The zero-order valence-electron chi connectivity index (χ0n) is 9.34. The van der Waals surface area contributed by atoms with Crippen LogP contribution >= 0.6 is 0 Å². The standard InChI is InChI=1S/C10H21N3O/c1-8(2)12-10(14)11-7-9-5-4-6-13(9)3/h8-9H,4-7H2,1-3H3,(H2,11,12,14). The molecule has 0 aromatic rings. The van der Waals surface area contributed by atoms with E-state index in [1.54, 1.807) is 0 Å². The number of carbonyl (C=O) groups is 1. The average molecular weight is 199 g/mol. The van der Waals surface area contributed by atoms with Crippen LogP contribution in [0.2, 0.25) is 0 Å². The summed E-state index contributed by atoms with van der Waals surface area (Å²) >= 11 is 0. The van der Waals surface area contributed by atoms with Gasteiger partial charge in [0.2, 0.25) is 0 Å². The SMILES string of the molecule is CC(C)NC(=O)NCC1CCCN1C. The largest absolute Gasteiger partial charge is 0.337 e. The number of likely N-dealkylation sites (N-methyl/N-ethyl adjacent to an activating group) is 1. The third kappa shape index (κ3) is 3.54. The van der Waals surface area contributed by atoms with Crippen molar-refractivity contribution in [2.24, 2.45) is 0 Å². The third-order valence-electron chi connectivity index (χ3n) is 2.59. The van der Waals surface area contributed by atoms with Crippen LogP contribution in [0.3, 0.4) is 0 Å². The normalized spacial score (nSPS) is 22.7. The van der Waals surface area contributed by atoms with Gasteiger partial charge in [-0.1, -0.05) is 0 Å². The average Bonchev–Trinajstić information content (AvgIpc) is 2.46. The molecule has 0 saturated carbocycles. The Morgan fingerprint density at radius 1 is 1.57 bits per heavy atom. The fourth-order valence-corrected chi connectivity index (χ4v) is 1.76. The molecule has 4 nitrogen and oxygen atoms in total. The van der Waals surface area contributed by atoms with Crippen LogP contribution in [-0.4, -0.2) is 43.2 Å². The Bertz CT molecular complexity index is 194. The highest BCUT2D eigenvalue weighted by atomic mass is 16.2. The van der Waals surface area contributed by atoms with Gasteiger partial charge < -0.3 is 15.5 Å². The Labute approximate surface area is 86.0 Å². The Hall–Kier alpha value is -0.770. The van der Waals surface area contributed by atoms with Crippen molar-refractivity contribution < 1.29 is 4.79 Å². The van der Waals surface area contributed by atoms with Crippen molar-refractivity contribution in [1.82, 2.24) is 15.5 Å². The maximum atomic E-state index is 11.3. The summed E-state index contributed by atoms with van der Waals surface area (Å²) in [6, 6.07) is 0.671. The van der Waals surface area contributed by atoms with E-state index in [2.05, 4.69) is 22.6 Å². The first-order valence-corrected chi connectivity index (χ1v) is 5.34. The van der Waals surface area contributed by atoms with Crippen molar-refractivity contribution in [3.63, 3.8) is 0 Å². The van der Waals surface area contributed by atoms with E-state index < -0.39 is 0 Å². The van der Waals surface area contributed by atoms with E-state index in [0.717, 1.165) is 13.1 Å². The van der Waals surface area contributed by atoms with Gasteiger partial charge >= 0.3 is 6.03 Å². The van der Waals surface area contributed by atoms with E-state index in [4.69, 9.17) is 0 Å². The van der Waals surface area contributed by atoms with E-state index in [9.17, 15) is 4.79 Å². The van der Waals surface area contributed by atoms with Crippen LogP contribution in [-0.2, 0) is 0 Å². The van der Waals surface area contributed by atoms with Gasteiger partial charge in [0.15, 0.2) is 0 Å². The minimum Gasteiger partial charge on any atom is -0.337 e. The second kappa shape index (κ2) is 5.20. The highest BCUT2D eigenvalue weighted by Gasteiger charge is 2.20. The maximum absolute atomic E-state index is 11.3. The van der Waals surface area contributed by atoms with Gasteiger partial charge in [-0.2, -0.15) is 0 Å². The van der Waals surface area contributed by atoms with Crippen molar-refractivity contribution in [2.75, 3.05) is 20.1 Å². The van der Waals surface area contributed by atoms with Gasteiger partial charge in [-0.05, 0) is 40.3 Å². The first-order valence-electron chi connectivity index (χ1n) is 5.34. The number of hydrogen-bond donors (Lipinski definition) is 2. The van der Waals surface area contributed by atoms with Crippen LogP contribution in [0.1, 0.15) is 26.7 Å². The Kier molecular flexibility index (Phi) is 4.20. The van der Waals surface area contributed by atoms with Crippen molar-refractivity contribution in [3.8, 4) is 0 Å². The van der Waals surface area contributed by atoms with Crippen molar-refractivity contribution in [2.45, 2.75) is 38.8 Å². The molecule has 14 heavy (non-hydrogen) atoms. The second-order valence-electron chi connectivity index (χ2n) is 4.29. The smallest absolute Gasteiger partial charge is 0.315 e. The van der Waals surface area contributed by atoms with Crippen molar-refractivity contribution in [1.29, 1.82) is 0 Å². The summed E-state index contributed by atoms with van der Waals surface area (Å²) in [6.07, 6.45) is 2.44. The van der Waals surface area contributed by atoms with Crippen molar-refractivity contribution >= 4 is 6.03 Å². The van der Waals surface area contributed by atoms with Gasteiger partial charge in [0.05, 0.1) is 0 Å². The molecule has 0 radical (unpaired) electrons. The highest BCUT2D eigenvalue weighted by Crippen LogP contribution is 2.13. The van der Waals surface area contributed by atoms with E-state index in [-0.39, 0.29) is 12.1 Å². The molecule has 4 heteroatoms. The maximum Gasteiger partial charge on any atom is 0.315 e. The predicted octanol–water partition coefficient (Wildman–Crippen LogP) is 0.788. The number of nitrogens with one attached hydrogen (secondary N) is 2. The molecule has 0 aliphatic carbocycles. The summed E-state index contributed by atoms with van der Waals surface area (Å²) in [5.74, 6) is 0. The fraction of sp³-hybridized carbons (Fsp3) is 0.900. The second-order valence-corrected chi connectivity index (χ2v) is 4.29. The van der Waals surface area contributed by atoms with E-state index in [1.807, 2.05) is 13.8 Å². The predicted molar refractivity (Wildman–Crippen MR) is 57.3 cm³/mol. The summed E-state index contributed by atoms with van der Waals surface area (Å²) in [6.45, 7) is 5.83. The molecule has 0 bridgehead atoms. The van der Waals surface area contributed by atoms with Crippen LogP contribution in [0, 0.1) is 0 Å². The molecule has 1 fully saturated rings. The van der Waals surface area contributed by atoms with Crippen LogP contribution < -0.4 is 10.6 Å². The van der Waals surface area contributed by atoms with Gasteiger partial charge in [-0.25, -0.2) is 4.79 Å². The molecular formula is C10H21N3O. The molecule has 1 aliphatic heterocycles. The highest BCUT2D eigenvalue weighted by molar-refractivity contribution is 5.74. The van der Waals surface area contributed by atoms with Crippen LogP contribution in [0.4, 0.5) is 4.79 Å². The lowest BCUT2D eigenvalue weighted by atomic mass is 10.2. The first kappa shape index (κ1) is 11.3.